The number of carbonyl (C=O) groups is 1. The average molecular weight is 287 g/mol. The number of rotatable bonds is 3. The summed E-state index contributed by atoms with van der Waals surface area (Å²) in [5, 5.41) is 3.83. The second-order valence-electron chi connectivity index (χ2n) is 5.89. The highest BCUT2D eigenvalue weighted by Crippen LogP contribution is 2.22. The Morgan fingerprint density at radius 3 is 3.14 bits per heavy atom. The zero-order chi connectivity index (χ0) is 14.8. The molecule has 2 aromatic rings. The van der Waals surface area contributed by atoms with Crippen LogP contribution in [0.2, 0.25) is 0 Å². The molecule has 1 aliphatic rings. The van der Waals surface area contributed by atoms with Crippen LogP contribution in [0.15, 0.2) is 28.7 Å². The van der Waals surface area contributed by atoms with Gasteiger partial charge in [-0.25, -0.2) is 0 Å². The molecule has 1 unspecified atom stereocenters. The summed E-state index contributed by atoms with van der Waals surface area (Å²) in [7, 11) is 2.12. The number of piperidine rings is 1. The molecule has 1 aromatic heterocycles. The van der Waals surface area contributed by atoms with Crippen LogP contribution in [0.5, 0.6) is 0 Å². The van der Waals surface area contributed by atoms with Crippen LogP contribution >= 0.6 is 0 Å². The molecular formula is C16H21N3O2. The first kappa shape index (κ1) is 13.9. The highest BCUT2D eigenvalue weighted by atomic mass is 16.3. The van der Waals surface area contributed by atoms with Crippen LogP contribution in [0.25, 0.3) is 11.0 Å². The van der Waals surface area contributed by atoms with Crippen molar-refractivity contribution in [1.29, 1.82) is 0 Å². The Morgan fingerprint density at radius 2 is 2.33 bits per heavy atom. The maximum atomic E-state index is 12.2. The predicted octanol–water partition coefficient (Wildman–Crippen LogP) is 2.09. The van der Waals surface area contributed by atoms with Crippen molar-refractivity contribution < 1.29 is 9.21 Å². The van der Waals surface area contributed by atoms with Gasteiger partial charge in [-0.2, -0.15) is 0 Å². The van der Waals surface area contributed by atoms with Gasteiger partial charge in [0.2, 0.25) is 0 Å². The van der Waals surface area contributed by atoms with Crippen molar-refractivity contribution >= 4 is 22.6 Å². The highest BCUT2D eigenvalue weighted by molar-refractivity contribution is 5.96. The molecule has 3 N–H and O–H groups in total. The number of nitrogens with zero attached hydrogens (tertiary/aromatic N) is 1. The number of anilines is 1. The van der Waals surface area contributed by atoms with E-state index in [1.165, 1.54) is 12.8 Å². The first-order chi connectivity index (χ1) is 10.1. The summed E-state index contributed by atoms with van der Waals surface area (Å²) in [6, 6.07) is 7.11. The molecule has 3 rings (SSSR count). The number of furan rings is 1. The van der Waals surface area contributed by atoms with Gasteiger partial charge >= 0.3 is 0 Å². The molecule has 21 heavy (non-hydrogen) atoms. The van der Waals surface area contributed by atoms with E-state index in [1.807, 2.05) is 6.07 Å². The SMILES string of the molecule is CN1CCCC(CNC(=O)c2cc3cc(N)ccc3o2)C1. The molecule has 0 radical (unpaired) electrons. The average Bonchev–Trinajstić information content (AvgIpc) is 2.88. The van der Waals surface area contributed by atoms with Gasteiger partial charge < -0.3 is 20.4 Å². The highest BCUT2D eigenvalue weighted by Gasteiger charge is 2.19. The van der Waals surface area contributed by atoms with E-state index in [4.69, 9.17) is 10.2 Å². The van der Waals surface area contributed by atoms with Crippen LogP contribution in [0.3, 0.4) is 0 Å². The molecule has 5 nitrogen and oxygen atoms in total. The number of benzene rings is 1. The van der Waals surface area contributed by atoms with Gasteiger partial charge in [0, 0.05) is 24.2 Å². The first-order valence-electron chi connectivity index (χ1n) is 7.37. The van der Waals surface area contributed by atoms with E-state index in [0.29, 0.717) is 29.5 Å². The quantitative estimate of drug-likeness (QED) is 0.848. The number of fused-ring (bicyclic) bond motifs is 1. The fraction of sp³-hybridized carbons (Fsp3) is 0.438. The topological polar surface area (TPSA) is 71.5 Å². The second kappa shape index (κ2) is 5.77. The predicted molar refractivity (Wildman–Crippen MR) is 83.2 cm³/mol. The summed E-state index contributed by atoms with van der Waals surface area (Å²) in [5.74, 6) is 0.713. The second-order valence-corrected chi connectivity index (χ2v) is 5.89. The number of nitrogens with two attached hydrogens (primary N) is 1. The molecule has 0 aliphatic carbocycles. The molecule has 1 amide bonds. The van der Waals surface area contributed by atoms with Gasteiger partial charge in [-0.05, 0) is 56.6 Å². The lowest BCUT2D eigenvalue weighted by Crippen LogP contribution is -2.39. The summed E-state index contributed by atoms with van der Waals surface area (Å²) >= 11 is 0. The lowest BCUT2D eigenvalue weighted by atomic mass is 9.98. The fourth-order valence-electron chi connectivity index (χ4n) is 2.94. The van der Waals surface area contributed by atoms with Crippen LogP contribution in [-0.4, -0.2) is 37.5 Å². The number of hydrogen-bond donors (Lipinski definition) is 2. The summed E-state index contributed by atoms with van der Waals surface area (Å²) in [5.41, 5.74) is 7.09. The molecule has 1 fully saturated rings. The third-order valence-electron chi connectivity index (χ3n) is 4.04. The maximum absolute atomic E-state index is 12.2. The van der Waals surface area contributed by atoms with Gasteiger partial charge in [0.1, 0.15) is 5.58 Å². The van der Waals surface area contributed by atoms with E-state index in [0.717, 1.165) is 18.5 Å². The number of nitrogens with one attached hydrogen (secondary N) is 1. The lowest BCUT2D eigenvalue weighted by Gasteiger charge is -2.29. The third-order valence-corrected chi connectivity index (χ3v) is 4.04. The number of amides is 1. The van der Waals surface area contributed by atoms with Crippen molar-refractivity contribution in [3.8, 4) is 0 Å². The van der Waals surface area contributed by atoms with Crippen LogP contribution in [0.4, 0.5) is 5.69 Å². The largest absolute Gasteiger partial charge is 0.451 e. The Balaban J connectivity index is 1.63. The monoisotopic (exact) mass is 287 g/mol. The molecule has 0 saturated carbocycles. The first-order valence-corrected chi connectivity index (χ1v) is 7.37. The Morgan fingerprint density at radius 1 is 1.48 bits per heavy atom. The number of likely N-dealkylation sites (tertiary alicyclic amines) is 1. The molecule has 1 saturated heterocycles. The van der Waals surface area contributed by atoms with E-state index >= 15 is 0 Å². The minimum atomic E-state index is -0.155. The third kappa shape index (κ3) is 3.19. The van der Waals surface area contributed by atoms with Gasteiger partial charge in [-0.15, -0.1) is 0 Å². The van der Waals surface area contributed by atoms with E-state index in [-0.39, 0.29) is 5.91 Å². The molecule has 2 heterocycles. The van der Waals surface area contributed by atoms with Crippen LogP contribution < -0.4 is 11.1 Å². The molecule has 1 aromatic carbocycles. The zero-order valence-corrected chi connectivity index (χ0v) is 12.3. The summed E-state index contributed by atoms with van der Waals surface area (Å²) in [6.07, 6.45) is 2.36. The minimum absolute atomic E-state index is 0.155. The van der Waals surface area contributed by atoms with Gasteiger partial charge in [0.25, 0.3) is 5.91 Å². The van der Waals surface area contributed by atoms with E-state index in [2.05, 4.69) is 17.3 Å². The van der Waals surface area contributed by atoms with Gasteiger partial charge in [-0.3, -0.25) is 4.79 Å². The van der Waals surface area contributed by atoms with E-state index in [9.17, 15) is 4.79 Å². The van der Waals surface area contributed by atoms with Crippen LogP contribution in [0.1, 0.15) is 23.4 Å². The lowest BCUT2D eigenvalue weighted by molar-refractivity contribution is 0.0911. The van der Waals surface area contributed by atoms with Crippen molar-refractivity contribution in [3.63, 3.8) is 0 Å². The maximum Gasteiger partial charge on any atom is 0.287 e. The van der Waals surface area contributed by atoms with Crippen LogP contribution in [-0.2, 0) is 0 Å². The Kier molecular flexibility index (Phi) is 3.84. The summed E-state index contributed by atoms with van der Waals surface area (Å²) in [6.45, 7) is 2.88. The van der Waals surface area contributed by atoms with Crippen molar-refractivity contribution in [1.82, 2.24) is 10.2 Å². The molecule has 0 spiro atoms. The zero-order valence-electron chi connectivity index (χ0n) is 12.3. The van der Waals surface area contributed by atoms with Gasteiger partial charge in [0.05, 0.1) is 0 Å². The van der Waals surface area contributed by atoms with Crippen molar-refractivity contribution in [2.45, 2.75) is 12.8 Å². The molecule has 0 bridgehead atoms. The number of carbonyl (C=O) groups excluding carboxylic acids is 1. The molecular weight excluding hydrogens is 266 g/mol. The van der Waals surface area contributed by atoms with E-state index in [1.54, 1.807) is 18.2 Å². The van der Waals surface area contributed by atoms with Crippen molar-refractivity contribution in [3.05, 3.63) is 30.0 Å². The Hall–Kier alpha value is -2.01. The molecule has 5 heteroatoms. The standard InChI is InChI=1S/C16H21N3O2/c1-19-6-2-3-11(10-19)9-18-16(20)15-8-12-7-13(17)4-5-14(12)21-15/h4-5,7-8,11H,2-3,6,9-10,17H2,1H3,(H,18,20). The normalized spacial score (nSPS) is 19.8. The number of hydrogen-bond acceptors (Lipinski definition) is 4. The van der Waals surface area contributed by atoms with E-state index < -0.39 is 0 Å². The van der Waals surface area contributed by atoms with Crippen molar-refractivity contribution in [2.24, 2.45) is 5.92 Å². The Bertz CT molecular complexity index is 650. The fourth-order valence-corrected chi connectivity index (χ4v) is 2.94. The smallest absolute Gasteiger partial charge is 0.287 e. The molecule has 112 valence electrons. The summed E-state index contributed by atoms with van der Waals surface area (Å²) < 4.78 is 5.57. The van der Waals surface area contributed by atoms with Crippen molar-refractivity contribution in [2.75, 3.05) is 32.4 Å². The molecule has 1 aliphatic heterocycles. The Labute approximate surface area is 124 Å². The van der Waals surface area contributed by atoms with Gasteiger partial charge in [0.15, 0.2) is 5.76 Å². The minimum Gasteiger partial charge on any atom is -0.451 e. The number of nitrogen functional groups attached to an aromatic ring is 1. The summed E-state index contributed by atoms with van der Waals surface area (Å²) in [4.78, 5) is 14.5. The molecule has 1 atom stereocenters. The van der Waals surface area contributed by atoms with Gasteiger partial charge in [-0.1, -0.05) is 0 Å². The van der Waals surface area contributed by atoms with Crippen LogP contribution in [0, 0.1) is 5.92 Å².